The number of ether oxygens (including phenoxy) is 1. The molecule has 0 spiro atoms. The molecule has 2 rings (SSSR count). The van der Waals surface area contributed by atoms with Crippen molar-refractivity contribution in [1.29, 1.82) is 0 Å². The first-order chi connectivity index (χ1) is 9.83. The molecule has 0 radical (unpaired) electrons. The third-order valence-electron chi connectivity index (χ3n) is 4.70. The fourth-order valence-corrected chi connectivity index (χ4v) is 3.41. The molecule has 1 aliphatic rings. The number of nitrogens with one attached hydrogen (secondary N) is 1. The summed E-state index contributed by atoms with van der Waals surface area (Å²) >= 11 is 0. The zero-order chi connectivity index (χ0) is 14.2. The Labute approximate surface area is 123 Å². The van der Waals surface area contributed by atoms with E-state index >= 15 is 0 Å². The number of hydrogen-bond donors (Lipinski definition) is 1. The molecule has 0 aliphatic heterocycles. The summed E-state index contributed by atoms with van der Waals surface area (Å²) in [7, 11) is 3.84. The Kier molecular flexibility index (Phi) is 6.38. The van der Waals surface area contributed by atoms with E-state index in [4.69, 9.17) is 4.74 Å². The molecule has 2 heteroatoms. The van der Waals surface area contributed by atoms with Gasteiger partial charge in [-0.2, -0.15) is 0 Å². The number of benzene rings is 1. The van der Waals surface area contributed by atoms with Gasteiger partial charge in [-0.3, -0.25) is 0 Å². The van der Waals surface area contributed by atoms with Gasteiger partial charge in [0.2, 0.25) is 0 Å². The highest BCUT2D eigenvalue weighted by atomic mass is 16.5. The van der Waals surface area contributed by atoms with E-state index in [0.717, 1.165) is 18.1 Å². The number of methoxy groups -OCH3 is 1. The highest BCUT2D eigenvalue weighted by Crippen LogP contribution is 2.26. The quantitative estimate of drug-likeness (QED) is 0.870. The predicted octanol–water partition coefficient (Wildman–Crippen LogP) is 4.19. The Bertz CT molecular complexity index is 366. The molecule has 0 aromatic heterocycles. The molecule has 20 heavy (non-hydrogen) atoms. The molecule has 0 bridgehead atoms. The predicted molar refractivity (Wildman–Crippen MR) is 85.4 cm³/mol. The molecule has 1 atom stereocenters. The van der Waals surface area contributed by atoms with Crippen LogP contribution in [0.5, 0.6) is 5.75 Å². The second kappa shape index (κ2) is 8.31. The van der Waals surface area contributed by atoms with E-state index in [-0.39, 0.29) is 0 Å². The molecule has 1 aromatic carbocycles. The van der Waals surface area contributed by atoms with Gasteiger partial charge in [-0.05, 0) is 49.9 Å². The molecule has 1 unspecified atom stereocenters. The van der Waals surface area contributed by atoms with Crippen LogP contribution in [0.25, 0.3) is 0 Å². The maximum Gasteiger partial charge on any atom is 0.118 e. The van der Waals surface area contributed by atoms with Gasteiger partial charge in [0.15, 0.2) is 0 Å². The molecule has 1 aromatic rings. The van der Waals surface area contributed by atoms with Crippen molar-refractivity contribution in [3.8, 4) is 5.75 Å². The van der Waals surface area contributed by atoms with Crippen LogP contribution in [-0.4, -0.2) is 20.2 Å². The molecule has 1 saturated carbocycles. The van der Waals surface area contributed by atoms with Gasteiger partial charge in [0, 0.05) is 6.04 Å². The van der Waals surface area contributed by atoms with E-state index in [1.165, 1.54) is 50.5 Å². The van der Waals surface area contributed by atoms with Crippen molar-refractivity contribution < 1.29 is 4.74 Å². The topological polar surface area (TPSA) is 21.3 Å². The minimum atomic E-state index is 0.612. The lowest BCUT2D eigenvalue weighted by Crippen LogP contribution is -2.36. The average Bonchev–Trinajstić information content (AvgIpc) is 2.46. The first-order valence-electron chi connectivity index (χ1n) is 8.13. The minimum Gasteiger partial charge on any atom is -0.497 e. The van der Waals surface area contributed by atoms with Gasteiger partial charge in [0.05, 0.1) is 7.11 Å². The van der Waals surface area contributed by atoms with Crippen LogP contribution in [0.1, 0.15) is 50.5 Å². The first-order valence-corrected chi connectivity index (χ1v) is 8.13. The minimum absolute atomic E-state index is 0.612. The normalized spacial score (nSPS) is 19.1. The van der Waals surface area contributed by atoms with Crippen molar-refractivity contribution in [2.45, 2.75) is 57.4 Å². The van der Waals surface area contributed by atoms with Gasteiger partial charge in [0.25, 0.3) is 0 Å². The van der Waals surface area contributed by atoms with Gasteiger partial charge in [-0.15, -0.1) is 0 Å². The molecule has 0 amide bonds. The molecule has 0 heterocycles. The van der Waals surface area contributed by atoms with Crippen LogP contribution in [-0.2, 0) is 6.42 Å². The van der Waals surface area contributed by atoms with E-state index in [1.807, 2.05) is 0 Å². The van der Waals surface area contributed by atoms with Crippen LogP contribution in [0.4, 0.5) is 0 Å². The van der Waals surface area contributed by atoms with E-state index in [2.05, 4.69) is 36.6 Å². The smallest absolute Gasteiger partial charge is 0.118 e. The Balaban J connectivity index is 1.95. The Hall–Kier alpha value is -1.02. The highest BCUT2D eigenvalue weighted by Gasteiger charge is 2.21. The van der Waals surface area contributed by atoms with Crippen LogP contribution in [0.2, 0.25) is 0 Å². The third kappa shape index (κ3) is 4.52. The molecular weight excluding hydrogens is 246 g/mol. The molecule has 1 N–H and O–H groups in total. The SMILES string of the molecule is CNC(Cc1ccc(OC)cc1)C1CCCCCCC1. The summed E-state index contributed by atoms with van der Waals surface area (Å²) in [6.07, 6.45) is 11.0. The lowest BCUT2D eigenvalue weighted by molar-refractivity contribution is 0.294. The van der Waals surface area contributed by atoms with Crippen molar-refractivity contribution >= 4 is 0 Å². The second-order valence-electron chi connectivity index (χ2n) is 6.05. The van der Waals surface area contributed by atoms with E-state index in [1.54, 1.807) is 7.11 Å². The van der Waals surface area contributed by atoms with Gasteiger partial charge >= 0.3 is 0 Å². The summed E-state index contributed by atoms with van der Waals surface area (Å²) in [5, 5.41) is 3.57. The first kappa shape index (κ1) is 15.4. The van der Waals surface area contributed by atoms with Crippen LogP contribution in [0.3, 0.4) is 0 Å². The molecule has 1 aliphatic carbocycles. The Morgan fingerprint density at radius 2 is 1.65 bits per heavy atom. The molecule has 0 saturated heterocycles. The lowest BCUT2D eigenvalue weighted by Gasteiger charge is -2.28. The summed E-state index contributed by atoms with van der Waals surface area (Å²) in [6.45, 7) is 0. The van der Waals surface area contributed by atoms with Crippen LogP contribution in [0, 0.1) is 5.92 Å². The summed E-state index contributed by atoms with van der Waals surface area (Å²) in [5.41, 5.74) is 1.41. The van der Waals surface area contributed by atoms with Crippen molar-refractivity contribution in [3.63, 3.8) is 0 Å². The van der Waals surface area contributed by atoms with Gasteiger partial charge < -0.3 is 10.1 Å². The maximum absolute atomic E-state index is 5.23. The van der Waals surface area contributed by atoms with Gasteiger partial charge in [-0.1, -0.05) is 44.2 Å². The largest absolute Gasteiger partial charge is 0.497 e. The average molecular weight is 275 g/mol. The summed E-state index contributed by atoms with van der Waals surface area (Å²) in [5.74, 6) is 1.78. The number of hydrogen-bond acceptors (Lipinski definition) is 2. The highest BCUT2D eigenvalue weighted by molar-refractivity contribution is 5.27. The molecule has 112 valence electrons. The molecule has 2 nitrogen and oxygen atoms in total. The third-order valence-corrected chi connectivity index (χ3v) is 4.70. The summed E-state index contributed by atoms with van der Waals surface area (Å²) in [6, 6.07) is 9.15. The van der Waals surface area contributed by atoms with E-state index in [0.29, 0.717) is 6.04 Å². The fraction of sp³-hybridized carbons (Fsp3) is 0.667. The van der Waals surface area contributed by atoms with Gasteiger partial charge in [-0.25, -0.2) is 0 Å². The maximum atomic E-state index is 5.23. The monoisotopic (exact) mass is 275 g/mol. The van der Waals surface area contributed by atoms with Crippen molar-refractivity contribution in [3.05, 3.63) is 29.8 Å². The Morgan fingerprint density at radius 3 is 2.20 bits per heavy atom. The Morgan fingerprint density at radius 1 is 1.05 bits per heavy atom. The lowest BCUT2D eigenvalue weighted by atomic mass is 9.83. The van der Waals surface area contributed by atoms with Gasteiger partial charge in [0.1, 0.15) is 5.75 Å². The second-order valence-corrected chi connectivity index (χ2v) is 6.05. The van der Waals surface area contributed by atoms with Crippen molar-refractivity contribution in [2.75, 3.05) is 14.2 Å². The van der Waals surface area contributed by atoms with Crippen LogP contribution < -0.4 is 10.1 Å². The van der Waals surface area contributed by atoms with E-state index in [9.17, 15) is 0 Å². The zero-order valence-electron chi connectivity index (χ0n) is 13.0. The summed E-state index contributed by atoms with van der Waals surface area (Å²) in [4.78, 5) is 0. The van der Waals surface area contributed by atoms with Crippen molar-refractivity contribution in [2.24, 2.45) is 5.92 Å². The number of likely N-dealkylation sites (N-methyl/N-ethyl adjacent to an activating group) is 1. The van der Waals surface area contributed by atoms with Crippen molar-refractivity contribution in [1.82, 2.24) is 5.32 Å². The van der Waals surface area contributed by atoms with E-state index < -0.39 is 0 Å². The summed E-state index contributed by atoms with van der Waals surface area (Å²) < 4.78 is 5.23. The zero-order valence-corrected chi connectivity index (χ0v) is 13.0. The molecular formula is C18H29NO. The van der Waals surface area contributed by atoms with Crippen LogP contribution in [0.15, 0.2) is 24.3 Å². The van der Waals surface area contributed by atoms with Crippen LogP contribution >= 0.6 is 0 Å². The fourth-order valence-electron chi connectivity index (χ4n) is 3.41. The number of rotatable bonds is 5. The standard InChI is InChI=1S/C18H29NO/c1-19-18(16-8-6-4-3-5-7-9-16)14-15-10-12-17(20-2)13-11-15/h10-13,16,18-19H,3-9,14H2,1-2H3. The molecule has 1 fully saturated rings.